The molecule has 2 rings (SSSR count). The molecule has 1 heterocycles. The summed E-state index contributed by atoms with van der Waals surface area (Å²) in [6, 6.07) is 0.491. The van der Waals surface area contributed by atoms with E-state index in [9.17, 15) is 4.79 Å². The van der Waals surface area contributed by atoms with Crippen LogP contribution in [0.2, 0.25) is 0 Å². The number of urea groups is 1. The van der Waals surface area contributed by atoms with Crippen molar-refractivity contribution in [1.29, 1.82) is 0 Å². The average molecular weight is 268 g/mol. The maximum absolute atomic E-state index is 12.2. The smallest absolute Gasteiger partial charge is 0.317 e. The summed E-state index contributed by atoms with van der Waals surface area (Å²) in [7, 11) is 1.92. The third-order valence-corrected chi connectivity index (χ3v) is 4.60. The van der Waals surface area contributed by atoms with Crippen LogP contribution in [0.15, 0.2) is 0 Å². The second kappa shape index (κ2) is 6.60. The maximum Gasteiger partial charge on any atom is 0.317 e. The molecule has 1 N–H and O–H groups in total. The van der Waals surface area contributed by atoms with E-state index in [1.54, 1.807) is 0 Å². The molecule has 0 radical (unpaired) electrons. The molecule has 2 aliphatic rings. The zero-order chi connectivity index (χ0) is 13.7. The first kappa shape index (κ1) is 14.6. The molecule has 0 atom stereocenters. The van der Waals surface area contributed by atoms with E-state index in [0.717, 1.165) is 45.4 Å². The normalized spacial score (nSPS) is 23.9. The molecule has 19 heavy (non-hydrogen) atoms. The van der Waals surface area contributed by atoms with E-state index in [1.165, 1.54) is 19.3 Å². The van der Waals surface area contributed by atoms with Gasteiger partial charge in [-0.15, -0.1) is 0 Å². The summed E-state index contributed by atoms with van der Waals surface area (Å²) in [6.45, 7) is 4.75. The molecule has 1 saturated heterocycles. The summed E-state index contributed by atoms with van der Waals surface area (Å²) in [5.74, 6) is 0. The van der Waals surface area contributed by atoms with Gasteiger partial charge in [0.25, 0.3) is 0 Å². The lowest BCUT2D eigenvalue weighted by molar-refractivity contribution is 0.0132. The van der Waals surface area contributed by atoms with Gasteiger partial charge < -0.3 is 15.0 Å². The number of hydrogen-bond donors (Lipinski definition) is 1. The highest BCUT2D eigenvalue weighted by Gasteiger charge is 2.30. The fourth-order valence-corrected chi connectivity index (χ4v) is 3.20. The van der Waals surface area contributed by atoms with Gasteiger partial charge in [-0.1, -0.05) is 26.2 Å². The topological polar surface area (TPSA) is 41.6 Å². The van der Waals surface area contributed by atoms with Crippen molar-refractivity contribution in [1.82, 2.24) is 10.2 Å². The molecule has 0 aromatic carbocycles. The summed E-state index contributed by atoms with van der Waals surface area (Å²) in [5.41, 5.74) is 0.219. The lowest BCUT2D eigenvalue weighted by Crippen LogP contribution is -2.48. The van der Waals surface area contributed by atoms with Crippen LogP contribution in [0, 0.1) is 5.41 Å². The van der Waals surface area contributed by atoms with E-state index >= 15 is 0 Å². The minimum atomic E-state index is 0.0969. The number of nitrogens with zero attached hydrogens (tertiary/aromatic N) is 1. The Labute approximate surface area is 116 Å². The highest BCUT2D eigenvalue weighted by atomic mass is 16.5. The summed E-state index contributed by atoms with van der Waals surface area (Å²) >= 11 is 0. The molecule has 4 heteroatoms. The van der Waals surface area contributed by atoms with Gasteiger partial charge in [0.05, 0.1) is 0 Å². The summed E-state index contributed by atoms with van der Waals surface area (Å²) in [6.07, 6.45) is 8.21. The van der Waals surface area contributed by atoms with E-state index in [1.807, 2.05) is 11.9 Å². The number of carbonyl (C=O) groups excluding carboxylic acids is 1. The van der Waals surface area contributed by atoms with Crippen molar-refractivity contribution < 1.29 is 9.53 Å². The Morgan fingerprint density at radius 1 is 1.26 bits per heavy atom. The van der Waals surface area contributed by atoms with Crippen molar-refractivity contribution >= 4 is 6.03 Å². The standard InChI is InChI=1S/C15H28N2O2/c1-15(8-10-19-11-9-15)12-17(2)14(18)16-13-6-4-3-5-7-13/h13H,3-12H2,1-2H3,(H,16,18). The van der Waals surface area contributed by atoms with Gasteiger partial charge >= 0.3 is 6.03 Å². The van der Waals surface area contributed by atoms with E-state index < -0.39 is 0 Å². The van der Waals surface area contributed by atoms with Crippen LogP contribution >= 0.6 is 0 Å². The Balaban J connectivity index is 1.77. The maximum atomic E-state index is 12.2. The molecule has 2 fully saturated rings. The summed E-state index contributed by atoms with van der Waals surface area (Å²) in [5, 5.41) is 3.18. The van der Waals surface area contributed by atoms with Crippen LogP contribution in [0.5, 0.6) is 0 Å². The first-order valence-corrected chi connectivity index (χ1v) is 7.68. The Morgan fingerprint density at radius 2 is 1.89 bits per heavy atom. The molecule has 110 valence electrons. The van der Waals surface area contributed by atoms with E-state index in [0.29, 0.717) is 6.04 Å². The van der Waals surface area contributed by atoms with Crippen LogP contribution in [-0.2, 0) is 4.74 Å². The SMILES string of the molecule is CN(CC1(C)CCOCC1)C(=O)NC1CCCCC1. The minimum absolute atomic E-state index is 0.0969. The van der Waals surface area contributed by atoms with Crippen LogP contribution < -0.4 is 5.32 Å². The zero-order valence-corrected chi connectivity index (χ0v) is 12.4. The molecule has 4 nitrogen and oxygen atoms in total. The van der Waals surface area contributed by atoms with E-state index in [4.69, 9.17) is 4.74 Å². The lowest BCUT2D eigenvalue weighted by Gasteiger charge is -2.37. The van der Waals surface area contributed by atoms with Gasteiger partial charge in [0, 0.05) is 32.8 Å². The first-order valence-electron chi connectivity index (χ1n) is 7.68. The molecule has 0 aromatic rings. The van der Waals surface area contributed by atoms with E-state index in [2.05, 4.69) is 12.2 Å². The molecule has 1 aliphatic heterocycles. The van der Waals surface area contributed by atoms with Gasteiger partial charge in [-0.3, -0.25) is 0 Å². The second-order valence-electron chi connectivity index (χ2n) is 6.56. The molecular weight excluding hydrogens is 240 g/mol. The summed E-state index contributed by atoms with van der Waals surface area (Å²) < 4.78 is 5.41. The lowest BCUT2D eigenvalue weighted by atomic mass is 9.82. The third kappa shape index (κ3) is 4.37. The Kier molecular flexibility index (Phi) is 5.08. The highest BCUT2D eigenvalue weighted by molar-refractivity contribution is 5.74. The van der Waals surface area contributed by atoms with Crippen LogP contribution in [-0.4, -0.2) is 43.8 Å². The quantitative estimate of drug-likeness (QED) is 0.855. The predicted molar refractivity (Wildman–Crippen MR) is 76.2 cm³/mol. The number of rotatable bonds is 3. The van der Waals surface area contributed by atoms with Crippen LogP contribution in [0.4, 0.5) is 4.79 Å². The molecule has 0 aromatic heterocycles. The van der Waals surface area contributed by atoms with Crippen molar-refractivity contribution in [3.8, 4) is 0 Å². The molecule has 0 bridgehead atoms. The fraction of sp³-hybridized carbons (Fsp3) is 0.933. The van der Waals surface area contributed by atoms with Crippen molar-refractivity contribution in [2.24, 2.45) is 5.41 Å². The van der Waals surface area contributed by atoms with Gasteiger partial charge in [0.15, 0.2) is 0 Å². The highest BCUT2D eigenvalue weighted by Crippen LogP contribution is 2.30. The van der Waals surface area contributed by atoms with Gasteiger partial charge in [0.2, 0.25) is 0 Å². The average Bonchev–Trinajstić information content (AvgIpc) is 2.40. The van der Waals surface area contributed by atoms with Crippen molar-refractivity contribution in [2.45, 2.75) is 57.9 Å². The van der Waals surface area contributed by atoms with Crippen LogP contribution in [0.25, 0.3) is 0 Å². The molecule has 1 saturated carbocycles. The molecule has 1 aliphatic carbocycles. The van der Waals surface area contributed by atoms with E-state index in [-0.39, 0.29) is 11.4 Å². The Hall–Kier alpha value is -0.770. The third-order valence-electron chi connectivity index (χ3n) is 4.60. The molecule has 2 amide bonds. The van der Waals surface area contributed by atoms with Gasteiger partial charge in [0.1, 0.15) is 0 Å². The fourth-order valence-electron chi connectivity index (χ4n) is 3.20. The monoisotopic (exact) mass is 268 g/mol. The van der Waals surface area contributed by atoms with Crippen LogP contribution in [0.1, 0.15) is 51.9 Å². The van der Waals surface area contributed by atoms with Gasteiger partial charge in [-0.2, -0.15) is 0 Å². The minimum Gasteiger partial charge on any atom is -0.381 e. The second-order valence-corrected chi connectivity index (χ2v) is 6.56. The Morgan fingerprint density at radius 3 is 2.53 bits per heavy atom. The van der Waals surface area contributed by atoms with Crippen molar-refractivity contribution in [3.05, 3.63) is 0 Å². The van der Waals surface area contributed by atoms with Crippen molar-refractivity contribution in [2.75, 3.05) is 26.8 Å². The van der Waals surface area contributed by atoms with Gasteiger partial charge in [-0.05, 0) is 31.1 Å². The summed E-state index contributed by atoms with van der Waals surface area (Å²) in [4.78, 5) is 14.1. The zero-order valence-electron chi connectivity index (χ0n) is 12.4. The molecular formula is C15H28N2O2. The molecule has 0 unspecified atom stereocenters. The number of hydrogen-bond acceptors (Lipinski definition) is 2. The molecule has 0 spiro atoms. The van der Waals surface area contributed by atoms with Crippen LogP contribution in [0.3, 0.4) is 0 Å². The van der Waals surface area contributed by atoms with Crippen molar-refractivity contribution in [3.63, 3.8) is 0 Å². The van der Waals surface area contributed by atoms with Gasteiger partial charge in [-0.25, -0.2) is 4.79 Å². The predicted octanol–water partition coefficient (Wildman–Crippen LogP) is 2.78. The first-order chi connectivity index (χ1) is 9.09. The number of ether oxygens (including phenoxy) is 1. The Bertz CT molecular complexity index is 295. The largest absolute Gasteiger partial charge is 0.381 e. The number of amides is 2. The number of nitrogens with one attached hydrogen (secondary N) is 1. The number of carbonyl (C=O) groups is 1.